The van der Waals surface area contributed by atoms with Crippen molar-refractivity contribution in [1.29, 1.82) is 0 Å². The SMILES string of the molecule is CCn1c(=O)sc2cc(S(=O)(=O)NCCCc3ccc(Cl)cc3)ccc21. The fourth-order valence-corrected chi connectivity index (χ4v) is 5.04. The number of fused-ring (bicyclic) bond motifs is 1. The van der Waals surface area contributed by atoms with Crippen LogP contribution in [-0.4, -0.2) is 19.5 Å². The highest BCUT2D eigenvalue weighted by atomic mass is 35.5. The lowest BCUT2D eigenvalue weighted by Gasteiger charge is -2.07. The highest BCUT2D eigenvalue weighted by molar-refractivity contribution is 7.89. The molecule has 0 aliphatic rings. The van der Waals surface area contributed by atoms with Gasteiger partial charge in [-0.2, -0.15) is 0 Å². The van der Waals surface area contributed by atoms with Gasteiger partial charge >= 0.3 is 4.87 Å². The molecule has 8 heteroatoms. The number of hydrogen-bond donors (Lipinski definition) is 1. The summed E-state index contributed by atoms with van der Waals surface area (Å²) in [6, 6.07) is 12.3. The number of aryl methyl sites for hydroxylation is 2. The maximum atomic E-state index is 12.5. The smallest absolute Gasteiger partial charge is 0.299 e. The van der Waals surface area contributed by atoms with Crippen LogP contribution in [0, 0.1) is 0 Å². The van der Waals surface area contributed by atoms with Crippen LogP contribution in [0.5, 0.6) is 0 Å². The van der Waals surface area contributed by atoms with Crippen molar-refractivity contribution in [2.75, 3.05) is 6.54 Å². The highest BCUT2D eigenvalue weighted by Gasteiger charge is 2.16. The summed E-state index contributed by atoms with van der Waals surface area (Å²) in [5.74, 6) is 0. The molecule has 2 aromatic carbocycles. The third-order valence-corrected chi connectivity index (χ3v) is 6.77. The fourth-order valence-electron chi connectivity index (χ4n) is 2.75. The van der Waals surface area contributed by atoms with Crippen molar-refractivity contribution in [2.24, 2.45) is 0 Å². The van der Waals surface area contributed by atoms with Gasteiger partial charge in [0.2, 0.25) is 10.0 Å². The van der Waals surface area contributed by atoms with Gasteiger partial charge in [-0.1, -0.05) is 35.1 Å². The van der Waals surface area contributed by atoms with Gasteiger partial charge in [0, 0.05) is 18.1 Å². The molecular weight excluding hydrogens is 392 g/mol. The van der Waals surface area contributed by atoms with Crippen LogP contribution >= 0.6 is 22.9 Å². The summed E-state index contributed by atoms with van der Waals surface area (Å²) in [5, 5.41) is 0.684. The Hall–Kier alpha value is -1.67. The van der Waals surface area contributed by atoms with Crippen molar-refractivity contribution in [3.05, 3.63) is 62.7 Å². The first-order chi connectivity index (χ1) is 12.4. The van der Waals surface area contributed by atoms with E-state index >= 15 is 0 Å². The van der Waals surface area contributed by atoms with Crippen LogP contribution in [0.2, 0.25) is 5.02 Å². The Bertz CT molecular complexity index is 1070. The molecule has 138 valence electrons. The normalized spacial score (nSPS) is 11.9. The molecule has 1 aromatic heterocycles. The van der Waals surface area contributed by atoms with Crippen molar-refractivity contribution in [3.63, 3.8) is 0 Å². The molecule has 0 fully saturated rings. The first kappa shape index (κ1) is 19.1. The minimum absolute atomic E-state index is 0.0760. The highest BCUT2D eigenvalue weighted by Crippen LogP contribution is 2.21. The van der Waals surface area contributed by atoms with Gasteiger partial charge in [0.15, 0.2) is 0 Å². The predicted octanol–water partition coefficient (Wildman–Crippen LogP) is 3.65. The van der Waals surface area contributed by atoms with Gasteiger partial charge in [0.05, 0.1) is 15.1 Å². The minimum Gasteiger partial charge on any atom is -0.299 e. The van der Waals surface area contributed by atoms with Crippen molar-refractivity contribution in [2.45, 2.75) is 31.2 Å². The molecule has 26 heavy (non-hydrogen) atoms. The number of rotatable bonds is 7. The number of nitrogens with zero attached hydrogens (tertiary/aromatic N) is 1. The van der Waals surface area contributed by atoms with E-state index in [4.69, 9.17) is 11.6 Å². The second kappa shape index (κ2) is 7.92. The van der Waals surface area contributed by atoms with Gasteiger partial charge in [0.25, 0.3) is 0 Å². The van der Waals surface area contributed by atoms with Crippen molar-refractivity contribution >= 4 is 43.2 Å². The van der Waals surface area contributed by atoms with E-state index in [-0.39, 0.29) is 9.77 Å². The summed E-state index contributed by atoms with van der Waals surface area (Å²) in [6.45, 7) is 2.80. The number of benzene rings is 2. The molecule has 3 aromatic rings. The van der Waals surface area contributed by atoms with Crippen LogP contribution in [0.25, 0.3) is 10.2 Å². The molecule has 0 spiro atoms. The molecule has 0 atom stereocenters. The van der Waals surface area contributed by atoms with Gasteiger partial charge in [0.1, 0.15) is 0 Å². The van der Waals surface area contributed by atoms with E-state index in [9.17, 15) is 13.2 Å². The molecular formula is C18H19ClN2O3S2. The first-order valence-corrected chi connectivity index (χ1v) is 11.0. The summed E-state index contributed by atoms with van der Waals surface area (Å²) in [5.41, 5.74) is 1.88. The monoisotopic (exact) mass is 410 g/mol. The zero-order valence-corrected chi connectivity index (χ0v) is 16.6. The van der Waals surface area contributed by atoms with E-state index < -0.39 is 10.0 Å². The van der Waals surface area contributed by atoms with E-state index in [1.807, 2.05) is 31.2 Å². The van der Waals surface area contributed by atoms with E-state index in [1.165, 1.54) is 0 Å². The van der Waals surface area contributed by atoms with E-state index in [0.29, 0.717) is 29.2 Å². The minimum atomic E-state index is -3.60. The third kappa shape index (κ3) is 4.17. The van der Waals surface area contributed by atoms with Crippen LogP contribution < -0.4 is 9.60 Å². The molecule has 0 saturated carbocycles. The number of hydrogen-bond acceptors (Lipinski definition) is 4. The predicted molar refractivity (Wildman–Crippen MR) is 107 cm³/mol. The lowest BCUT2D eigenvalue weighted by Crippen LogP contribution is -2.25. The van der Waals surface area contributed by atoms with Crippen LogP contribution in [0.3, 0.4) is 0 Å². The zero-order valence-electron chi connectivity index (χ0n) is 14.2. The Labute approximate surface area is 161 Å². The third-order valence-electron chi connectivity index (χ3n) is 4.11. The van der Waals surface area contributed by atoms with Gasteiger partial charge in [-0.05, 0) is 55.7 Å². The Morgan fingerprint density at radius 2 is 1.88 bits per heavy atom. The molecule has 0 bridgehead atoms. The standard InChI is InChI=1S/C18H19ClN2O3S2/c1-2-21-16-10-9-15(12-17(16)25-18(21)22)26(23,24)20-11-3-4-13-5-7-14(19)8-6-13/h5-10,12,20H,2-4,11H2,1H3. The number of thiazole rings is 1. The van der Waals surface area contributed by atoms with E-state index in [0.717, 1.165) is 28.8 Å². The Morgan fingerprint density at radius 1 is 1.15 bits per heavy atom. The summed E-state index contributed by atoms with van der Waals surface area (Å²) >= 11 is 6.92. The van der Waals surface area contributed by atoms with Crippen molar-refractivity contribution in [3.8, 4) is 0 Å². The fraction of sp³-hybridized carbons (Fsp3) is 0.278. The maximum Gasteiger partial charge on any atom is 0.308 e. The number of aromatic nitrogens is 1. The van der Waals surface area contributed by atoms with Crippen LogP contribution in [-0.2, 0) is 23.0 Å². The van der Waals surface area contributed by atoms with Gasteiger partial charge in [-0.25, -0.2) is 13.1 Å². The van der Waals surface area contributed by atoms with Crippen LogP contribution in [0.1, 0.15) is 18.9 Å². The molecule has 1 heterocycles. The largest absolute Gasteiger partial charge is 0.308 e. The second-order valence-electron chi connectivity index (χ2n) is 5.87. The van der Waals surface area contributed by atoms with E-state index in [1.54, 1.807) is 22.8 Å². The second-order valence-corrected chi connectivity index (χ2v) is 9.07. The summed E-state index contributed by atoms with van der Waals surface area (Å²) in [6.07, 6.45) is 1.45. The van der Waals surface area contributed by atoms with Gasteiger partial charge < -0.3 is 0 Å². The van der Waals surface area contributed by atoms with Gasteiger partial charge in [-0.3, -0.25) is 9.36 Å². The lowest BCUT2D eigenvalue weighted by atomic mass is 10.1. The van der Waals surface area contributed by atoms with Crippen molar-refractivity contribution in [1.82, 2.24) is 9.29 Å². The summed E-state index contributed by atoms with van der Waals surface area (Å²) < 4.78 is 29.9. The summed E-state index contributed by atoms with van der Waals surface area (Å²) in [4.78, 5) is 12.0. The van der Waals surface area contributed by atoms with Crippen LogP contribution in [0.15, 0.2) is 52.2 Å². The molecule has 0 amide bonds. The number of halogens is 1. The van der Waals surface area contributed by atoms with E-state index in [2.05, 4.69) is 4.72 Å². The Kier molecular flexibility index (Phi) is 5.82. The number of nitrogens with one attached hydrogen (secondary N) is 1. The average Bonchev–Trinajstić information content (AvgIpc) is 2.94. The molecule has 5 nitrogen and oxygen atoms in total. The molecule has 0 saturated heterocycles. The maximum absolute atomic E-state index is 12.5. The van der Waals surface area contributed by atoms with Crippen LogP contribution in [0.4, 0.5) is 0 Å². The molecule has 0 aliphatic carbocycles. The molecule has 0 aliphatic heterocycles. The topological polar surface area (TPSA) is 68.2 Å². The molecule has 0 radical (unpaired) electrons. The zero-order chi connectivity index (χ0) is 18.7. The Morgan fingerprint density at radius 3 is 2.58 bits per heavy atom. The summed E-state index contributed by atoms with van der Waals surface area (Å²) in [7, 11) is -3.60. The first-order valence-electron chi connectivity index (χ1n) is 8.28. The van der Waals surface area contributed by atoms with Crippen molar-refractivity contribution < 1.29 is 8.42 Å². The lowest BCUT2D eigenvalue weighted by molar-refractivity contribution is 0.579. The molecule has 0 unspecified atom stereocenters. The quantitative estimate of drug-likeness (QED) is 0.604. The number of sulfonamides is 1. The Balaban J connectivity index is 1.67. The molecule has 1 N–H and O–H groups in total. The molecule has 3 rings (SSSR count). The average molecular weight is 411 g/mol. The van der Waals surface area contributed by atoms with Gasteiger partial charge in [-0.15, -0.1) is 0 Å².